The standard InChI is InChI=1S/C17H17FN2O/c1-11-5-6-12-3-2-4-15(16(12)19-11)20-17(21)13-7-9-14(18)10-8-13/h2-4,7-11,19H,5-6H2,1H3,(H,20,21). The van der Waals surface area contributed by atoms with Crippen molar-refractivity contribution in [3.63, 3.8) is 0 Å². The summed E-state index contributed by atoms with van der Waals surface area (Å²) in [7, 11) is 0. The largest absolute Gasteiger partial charge is 0.381 e. The van der Waals surface area contributed by atoms with E-state index in [4.69, 9.17) is 0 Å². The molecule has 1 aliphatic heterocycles. The topological polar surface area (TPSA) is 41.1 Å². The van der Waals surface area contributed by atoms with Crippen molar-refractivity contribution in [1.82, 2.24) is 0 Å². The summed E-state index contributed by atoms with van der Waals surface area (Å²) < 4.78 is 12.9. The molecule has 3 rings (SSSR count). The van der Waals surface area contributed by atoms with Gasteiger partial charge in [-0.05, 0) is 55.7 Å². The van der Waals surface area contributed by atoms with Crippen LogP contribution in [-0.4, -0.2) is 11.9 Å². The van der Waals surface area contributed by atoms with Gasteiger partial charge in [0.15, 0.2) is 0 Å². The molecule has 2 aromatic carbocycles. The summed E-state index contributed by atoms with van der Waals surface area (Å²) in [4.78, 5) is 12.2. The summed E-state index contributed by atoms with van der Waals surface area (Å²) in [6.07, 6.45) is 2.09. The first-order valence-corrected chi connectivity index (χ1v) is 7.09. The lowest BCUT2D eigenvalue weighted by atomic mass is 9.98. The van der Waals surface area contributed by atoms with Crippen LogP contribution in [0.15, 0.2) is 42.5 Å². The second-order valence-corrected chi connectivity index (χ2v) is 5.38. The highest BCUT2D eigenvalue weighted by Gasteiger charge is 2.18. The second kappa shape index (κ2) is 5.56. The summed E-state index contributed by atoms with van der Waals surface area (Å²) in [6, 6.07) is 11.8. The van der Waals surface area contributed by atoms with Crippen molar-refractivity contribution in [2.45, 2.75) is 25.8 Å². The van der Waals surface area contributed by atoms with Crippen LogP contribution in [0.5, 0.6) is 0 Å². The number of aryl methyl sites for hydroxylation is 1. The number of rotatable bonds is 2. The van der Waals surface area contributed by atoms with E-state index in [0.717, 1.165) is 24.2 Å². The number of amides is 1. The number of para-hydroxylation sites is 1. The maximum absolute atomic E-state index is 12.9. The third-order valence-electron chi connectivity index (χ3n) is 3.74. The van der Waals surface area contributed by atoms with Gasteiger partial charge in [-0.2, -0.15) is 0 Å². The van der Waals surface area contributed by atoms with E-state index >= 15 is 0 Å². The van der Waals surface area contributed by atoms with Crippen LogP contribution in [0.1, 0.15) is 29.3 Å². The lowest BCUT2D eigenvalue weighted by Crippen LogP contribution is -2.24. The molecule has 0 fully saturated rings. The first kappa shape index (κ1) is 13.6. The van der Waals surface area contributed by atoms with Crippen LogP contribution in [0.25, 0.3) is 0 Å². The highest BCUT2D eigenvalue weighted by atomic mass is 19.1. The molecule has 108 valence electrons. The summed E-state index contributed by atoms with van der Waals surface area (Å²) in [5.74, 6) is -0.581. The number of anilines is 2. The molecule has 0 aromatic heterocycles. The molecule has 1 unspecified atom stereocenters. The minimum Gasteiger partial charge on any atom is -0.381 e. The van der Waals surface area contributed by atoms with Crippen LogP contribution in [-0.2, 0) is 6.42 Å². The zero-order chi connectivity index (χ0) is 14.8. The van der Waals surface area contributed by atoms with E-state index in [1.807, 2.05) is 12.1 Å². The summed E-state index contributed by atoms with van der Waals surface area (Å²) in [5.41, 5.74) is 3.42. The lowest BCUT2D eigenvalue weighted by molar-refractivity contribution is 0.102. The van der Waals surface area contributed by atoms with Crippen molar-refractivity contribution in [3.8, 4) is 0 Å². The van der Waals surface area contributed by atoms with Gasteiger partial charge in [-0.25, -0.2) is 4.39 Å². The Kier molecular flexibility index (Phi) is 3.60. The maximum Gasteiger partial charge on any atom is 0.255 e. The van der Waals surface area contributed by atoms with Crippen LogP contribution in [0.3, 0.4) is 0 Å². The minimum atomic E-state index is -0.348. The van der Waals surface area contributed by atoms with Crippen molar-refractivity contribution in [1.29, 1.82) is 0 Å². The molecule has 1 aliphatic rings. The summed E-state index contributed by atoms with van der Waals surface area (Å²) in [6.45, 7) is 2.13. The number of hydrogen-bond donors (Lipinski definition) is 2. The Labute approximate surface area is 123 Å². The normalized spacial score (nSPS) is 16.8. The fraction of sp³-hybridized carbons (Fsp3) is 0.235. The Balaban J connectivity index is 1.85. The fourth-order valence-electron chi connectivity index (χ4n) is 2.57. The third-order valence-corrected chi connectivity index (χ3v) is 3.74. The molecule has 2 aromatic rings. The third kappa shape index (κ3) is 2.89. The predicted molar refractivity (Wildman–Crippen MR) is 82.2 cm³/mol. The van der Waals surface area contributed by atoms with Crippen molar-refractivity contribution in [2.24, 2.45) is 0 Å². The molecule has 0 bridgehead atoms. The predicted octanol–water partition coefficient (Wildman–Crippen LogP) is 3.82. The number of halogens is 1. The minimum absolute atomic E-state index is 0.233. The molecule has 4 heteroatoms. The molecule has 2 N–H and O–H groups in total. The molecular formula is C17H17FN2O. The van der Waals surface area contributed by atoms with Gasteiger partial charge in [0.1, 0.15) is 5.82 Å². The van der Waals surface area contributed by atoms with Gasteiger partial charge >= 0.3 is 0 Å². The molecule has 0 saturated heterocycles. The molecule has 21 heavy (non-hydrogen) atoms. The second-order valence-electron chi connectivity index (χ2n) is 5.38. The summed E-state index contributed by atoms with van der Waals surface area (Å²) in [5, 5.41) is 6.32. The summed E-state index contributed by atoms with van der Waals surface area (Å²) >= 11 is 0. The average molecular weight is 284 g/mol. The fourth-order valence-corrected chi connectivity index (χ4v) is 2.57. The first-order valence-electron chi connectivity index (χ1n) is 7.09. The van der Waals surface area contributed by atoms with E-state index in [1.165, 1.54) is 29.8 Å². The Morgan fingerprint density at radius 3 is 2.76 bits per heavy atom. The quantitative estimate of drug-likeness (QED) is 0.880. The molecule has 0 saturated carbocycles. The SMILES string of the molecule is CC1CCc2cccc(NC(=O)c3ccc(F)cc3)c2N1. The van der Waals surface area contributed by atoms with Crippen molar-refractivity contribution in [3.05, 3.63) is 59.4 Å². The van der Waals surface area contributed by atoms with Gasteiger partial charge in [-0.15, -0.1) is 0 Å². The highest BCUT2D eigenvalue weighted by molar-refractivity contribution is 6.06. The Morgan fingerprint density at radius 1 is 1.24 bits per heavy atom. The lowest BCUT2D eigenvalue weighted by Gasteiger charge is -2.26. The van der Waals surface area contributed by atoms with Crippen LogP contribution in [0, 0.1) is 5.82 Å². The van der Waals surface area contributed by atoms with Crippen molar-refractivity contribution >= 4 is 17.3 Å². The molecule has 1 amide bonds. The molecule has 1 atom stereocenters. The molecule has 1 heterocycles. The number of benzene rings is 2. The Hall–Kier alpha value is -2.36. The van der Waals surface area contributed by atoms with E-state index in [1.54, 1.807) is 0 Å². The van der Waals surface area contributed by atoms with Gasteiger partial charge in [0.2, 0.25) is 0 Å². The number of nitrogens with one attached hydrogen (secondary N) is 2. The number of carbonyl (C=O) groups is 1. The van der Waals surface area contributed by atoms with E-state index in [9.17, 15) is 9.18 Å². The molecule has 0 aliphatic carbocycles. The monoisotopic (exact) mass is 284 g/mol. The first-order chi connectivity index (χ1) is 10.1. The van der Waals surface area contributed by atoms with E-state index in [-0.39, 0.29) is 11.7 Å². The molecule has 3 nitrogen and oxygen atoms in total. The van der Waals surface area contributed by atoms with Gasteiger partial charge in [0, 0.05) is 11.6 Å². The highest BCUT2D eigenvalue weighted by Crippen LogP contribution is 2.32. The Morgan fingerprint density at radius 2 is 2.00 bits per heavy atom. The van der Waals surface area contributed by atoms with Gasteiger partial charge in [-0.1, -0.05) is 12.1 Å². The van der Waals surface area contributed by atoms with E-state index in [2.05, 4.69) is 23.6 Å². The van der Waals surface area contributed by atoms with Gasteiger partial charge < -0.3 is 10.6 Å². The number of hydrogen-bond acceptors (Lipinski definition) is 2. The van der Waals surface area contributed by atoms with Crippen LogP contribution >= 0.6 is 0 Å². The van der Waals surface area contributed by atoms with Crippen LogP contribution in [0.4, 0.5) is 15.8 Å². The zero-order valence-corrected chi connectivity index (χ0v) is 11.8. The van der Waals surface area contributed by atoms with Gasteiger partial charge in [-0.3, -0.25) is 4.79 Å². The van der Waals surface area contributed by atoms with Crippen LogP contribution in [0.2, 0.25) is 0 Å². The van der Waals surface area contributed by atoms with Gasteiger partial charge in [0.05, 0.1) is 11.4 Å². The maximum atomic E-state index is 12.9. The molecule has 0 spiro atoms. The van der Waals surface area contributed by atoms with E-state index in [0.29, 0.717) is 11.6 Å². The Bertz CT molecular complexity index is 667. The van der Waals surface area contributed by atoms with E-state index < -0.39 is 0 Å². The van der Waals surface area contributed by atoms with Gasteiger partial charge in [0.25, 0.3) is 5.91 Å². The van der Waals surface area contributed by atoms with Crippen molar-refractivity contribution in [2.75, 3.05) is 10.6 Å². The molecule has 0 radical (unpaired) electrons. The van der Waals surface area contributed by atoms with Crippen LogP contribution < -0.4 is 10.6 Å². The number of fused-ring (bicyclic) bond motifs is 1. The van der Waals surface area contributed by atoms with Crippen molar-refractivity contribution < 1.29 is 9.18 Å². The average Bonchev–Trinajstić information content (AvgIpc) is 2.48. The number of carbonyl (C=O) groups excluding carboxylic acids is 1. The molecular weight excluding hydrogens is 267 g/mol. The zero-order valence-electron chi connectivity index (χ0n) is 11.8. The smallest absolute Gasteiger partial charge is 0.255 e.